The molecule has 2 aliphatic rings. The van der Waals surface area contributed by atoms with E-state index in [1.165, 1.54) is 6.26 Å². The van der Waals surface area contributed by atoms with Crippen molar-refractivity contribution in [3.8, 4) is 0 Å². The topological polar surface area (TPSA) is 53.8 Å². The van der Waals surface area contributed by atoms with Crippen LogP contribution in [0.2, 0.25) is 0 Å². The second kappa shape index (κ2) is 5.52. The molecule has 0 bridgehead atoms. The van der Waals surface area contributed by atoms with Crippen LogP contribution < -0.4 is 0 Å². The number of likely N-dealkylation sites (tertiary alicyclic amines) is 1. The lowest BCUT2D eigenvalue weighted by atomic mass is 10.2. The molecule has 1 atom stereocenters. The van der Waals surface area contributed by atoms with Gasteiger partial charge >= 0.3 is 0 Å². The highest BCUT2D eigenvalue weighted by Gasteiger charge is 2.38. The normalized spacial score (nSPS) is 22.6. The van der Waals surface area contributed by atoms with Gasteiger partial charge in [-0.15, -0.1) is 11.8 Å². The van der Waals surface area contributed by atoms with Crippen LogP contribution in [-0.2, 0) is 4.79 Å². The number of aryl methyl sites for hydroxylation is 1. The van der Waals surface area contributed by atoms with Crippen LogP contribution in [0.3, 0.4) is 0 Å². The highest BCUT2D eigenvalue weighted by atomic mass is 32.2. The van der Waals surface area contributed by atoms with Gasteiger partial charge in [0.05, 0.1) is 17.7 Å². The third-order valence-electron chi connectivity index (χ3n) is 3.94. The Morgan fingerprint density at radius 1 is 1.35 bits per heavy atom. The molecule has 2 saturated heterocycles. The number of furan rings is 1. The van der Waals surface area contributed by atoms with Crippen molar-refractivity contribution in [3.63, 3.8) is 0 Å². The number of amides is 2. The zero-order chi connectivity index (χ0) is 14.1. The second-order valence-electron chi connectivity index (χ2n) is 5.21. The molecule has 108 valence electrons. The quantitative estimate of drug-likeness (QED) is 0.833. The molecule has 0 radical (unpaired) electrons. The molecule has 0 aromatic carbocycles. The van der Waals surface area contributed by atoms with Gasteiger partial charge in [-0.05, 0) is 25.8 Å². The predicted octanol–water partition coefficient (Wildman–Crippen LogP) is 1.73. The molecule has 6 heteroatoms. The summed E-state index contributed by atoms with van der Waals surface area (Å²) >= 11 is 1.64. The van der Waals surface area contributed by atoms with Crippen LogP contribution in [0.5, 0.6) is 0 Å². The summed E-state index contributed by atoms with van der Waals surface area (Å²) in [6.45, 7) is 3.42. The van der Waals surface area contributed by atoms with Crippen LogP contribution in [0.1, 0.15) is 29.0 Å². The maximum absolute atomic E-state index is 12.5. The van der Waals surface area contributed by atoms with Gasteiger partial charge in [0.15, 0.2) is 0 Å². The van der Waals surface area contributed by atoms with E-state index >= 15 is 0 Å². The minimum absolute atomic E-state index is 0.0983. The first kappa shape index (κ1) is 13.5. The van der Waals surface area contributed by atoms with Gasteiger partial charge in [0, 0.05) is 18.8 Å². The lowest BCUT2D eigenvalue weighted by Gasteiger charge is -2.26. The van der Waals surface area contributed by atoms with E-state index in [9.17, 15) is 9.59 Å². The molecule has 0 N–H and O–H groups in total. The van der Waals surface area contributed by atoms with E-state index in [-0.39, 0.29) is 17.9 Å². The molecule has 1 unspecified atom stereocenters. The smallest absolute Gasteiger partial charge is 0.258 e. The Morgan fingerprint density at radius 2 is 2.10 bits per heavy atom. The summed E-state index contributed by atoms with van der Waals surface area (Å²) in [5.74, 6) is 1.88. The monoisotopic (exact) mass is 294 g/mol. The number of carbonyl (C=O) groups excluding carboxylic acids is 2. The fraction of sp³-hybridized carbons (Fsp3) is 0.571. The Kier molecular flexibility index (Phi) is 3.74. The van der Waals surface area contributed by atoms with Crippen molar-refractivity contribution in [3.05, 3.63) is 23.7 Å². The van der Waals surface area contributed by atoms with Crippen molar-refractivity contribution in [2.24, 2.45) is 0 Å². The van der Waals surface area contributed by atoms with Crippen LogP contribution in [0, 0.1) is 6.92 Å². The van der Waals surface area contributed by atoms with Gasteiger partial charge in [0.2, 0.25) is 5.91 Å². The fourth-order valence-electron chi connectivity index (χ4n) is 2.76. The zero-order valence-corrected chi connectivity index (χ0v) is 12.3. The molecule has 1 aromatic rings. The van der Waals surface area contributed by atoms with E-state index < -0.39 is 0 Å². The Balaban J connectivity index is 1.77. The molecule has 0 saturated carbocycles. The molecule has 2 aliphatic heterocycles. The average Bonchev–Trinajstić information content (AvgIpc) is 3.18. The second-order valence-corrected chi connectivity index (χ2v) is 6.21. The minimum Gasteiger partial charge on any atom is -0.469 e. The number of thioether (sulfide) groups is 1. The molecule has 2 amide bonds. The van der Waals surface area contributed by atoms with Crippen LogP contribution in [-0.4, -0.2) is 52.4 Å². The molecule has 3 heterocycles. The summed E-state index contributed by atoms with van der Waals surface area (Å²) in [5, 5.41) is 0. The van der Waals surface area contributed by atoms with Crippen molar-refractivity contribution in [1.29, 1.82) is 0 Å². The van der Waals surface area contributed by atoms with E-state index in [1.54, 1.807) is 29.7 Å². The first-order chi connectivity index (χ1) is 9.68. The van der Waals surface area contributed by atoms with E-state index in [0.29, 0.717) is 23.0 Å². The van der Waals surface area contributed by atoms with Gasteiger partial charge in [0.25, 0.3) is 5.91 Å². The van der Waals surface area contributed by atoms with Gasteiger partial charge in [-0.1, -0.05) is 0 Å². The van der Waals surface area contributed by atoms with Crippen molar-refractivity contribution in [1.82, 2.24) is 9.80 Å². The molecule has 3 rings (SSSR count). The van der Waals surface area contributed by atoms with Gasteiger partial charge < -0.3 is 14.2 Å². The zero-order valence-electron chi connectivity index (χ0n) is 11.5. The van der Waals surface area contributed by atoms with Gasteiger partial charge in [0.1, 0.15) is 11.8 Å². The van der Waals surface area contributed by atoms with Crippen LogP contribution in [0.15, 0.2) is 16.7 Å². The lowest BCUT2D eigenvalue weighted by Crippen LogP contribution is -2.48. The molecule has 20 heavy (non-hydrogen) atoms. The van der Waals surface area contributed by atoms with Crippen molar-refractivity contribution >= 4 is 23.6 Å². The number of carbonyl (C=O) groups is 2. The van der Waals surface area contributed by atoms with Crippen molar-refractivity contribution in [2.45, 2.75) is 25.8 Å². The van der Waals surface area contributed by atoms with Crippen molar-refractivity contribution in [2.75, 3.05) is 24.7 Å². The molecule has 5 nitrogen and oxygen atoms in total. The first-order valence-corrected chi connectivity index (χ1v) is 8.05. The number of hydrogen-bond acceptors (Lipinski definition) is 4. The molecule has 0 spiro atoms. The Morgan fingerprint density at radius 3 is 2.75 bits per heavy atom. The maximum Gasteiger partial charge on any atom is 0.258 e. The summed E-state index contributed by atoms with van der Waals surface area (Å²) in [5.41, 5.74) is 0.562. The molecule has 0 aliphatic carbocycles. The number of rotatable bonds is 2. The third kappa shape index (κ3) is 2.32. The summed E-state index contributed by atoms with van der Waals surface area (Å²) < 4.78 is 5.19. The first-order valence-electron chi connectivity index (χ1n) is 6.90. The Bertz CT molecular complexity index is 522. The van der Waals surface area contributed by atoms with Crippen LogP contribution in [0.25, 0.3) is 0 Å². The SMILES string of the molecule is Cc1occc1C(=O)N1CSCC1C(=O)N1CCCC1. The highest BCUT2D eigenvalue weighted by molar-refractivity contribution is 7.99. The third-order valence-corrected chi connectivity index (χ3v) is 4.95. The van der Waals surface area contributed by atoms with Crippen LogP contribution >= 0.6 is 11.8 Å². The van der Waals surface area contributed by atoms with E-state index in [4.69, 9.17) is 4.42 Å². The lowest BCUT2D eigenvalue weighted by molar-refractivity contribution is -0.133. The Labute approximate surface area is 122 Å². The molecule has 2 fully saturated rings. The minimum atomic E-state index is -0.320. The largest absolute Gasteiger partial charge is 0.469 e. The molecule has 1 aromatic heterocycles. The summed E-state index contributed by atoms with van der Waals surface area (Å²) in [4.78, 5) is 28.6. The predicted molar refractivity (Wildman–Crippen MR) is 76.5 cm³/mol. The Hall–Kier alpha value is -1.43. The summed E-state index contributed by atoms with van der Waals surface area (Å²) in [7, 11) is 0. The molecular formula is C14H18N2O3S. The van der Waals surface area contributed by atoms with E-state index in [1.807, 2.05) is 4.90 Å². The van der Waals surface area contributed by atoms with Crippen molar-refractivity contribution < 1.29 is 14.0 Å². The van der Waals surface area contributed by atoms with E-state index in [0.717, 1.165) is 25.9 Å². The summed E-state index contributed by atoms with van der Waals surface area (Å²) in [6.07, 6.45) is 3.66. The highest BCUT2D eigenvalue weighted by Crippen LogP contribution is 2.26. The van der Waals surface area contributed by atoms with Gasteiger partial charge in [-0.2, -0.15) is 0 Å². The number of hydrogen-bond donors (Lipinski definition) is 0. The fourth-order valence-corrected chi connectivity index (χ4v) is 3.90. The number of nitrogens with zero attached hydrogens (tertiary/aromatic N) is 2. The van der Waals surface area contributed by atoms with Gasteiger partial charge in [-0.25, -0.2) is 0 Å². The summed E-state index contributed by atoms with van der Waals surface area (Å²) in [6, 6.07) is 1.36. The molecular weight excluding hydrogens is 276 g/mol. The van der Waals surface area contributed by atoms with Crippen LogP contribution in [0.4, 0.5) is 0 Å². The van der Waals surface area contributed by atoms with Gasteiger partial charge in [-0.3, -0.25) is 9.59 Å². The van der Waals surface area contributed by atoms with E-state index in [2.05, 4.69) is 0 Å². The average molecular weight is 294 g/mol. The standard InChI is InChI=1S/C14H18N2O3S/c1-10-11(4-7-19-10)13(17)16-9-20-8-12(16)14(18)15-5-2-3-6-15/h4,7,12H,2-3,5-6,8-9H2,1H3. The maximum atomic E-state index is 12.5.